The summed E-state index contributed by atoms with van der Waals surface area (Å²) in [5.41, 5.74) is 0. The molecule has 0 rings (SSSR count). The molecule has 5 atom stereocenters. The first-order valence-electron chi connectivity index (χ1n) is 40.6. The molecular weight excluding hydrogens is 1270 g/mol. The van der Waals surface area contributed by atoms with E-state index in [1.54, 1.807) is 0 Å². The third-order valence-electron chi connectivity index (χ3n) is 18.3. The van der Waals surface area contributed by atoms with Gasteiger partial charge in [-0.05, 0) is 31.6 Å². The molecule has 0 bridgehead atoms. The second kappa shape index (κ2) is 71.1. The van der Waals surface area contributed by atoms with Crippen LogP contribution in [-0.4, -0.2) is 96.7 Å². The van der Waals surface area contributed by atoms with Crippen LogP contribution in [0.5, 0.6) is 0 Å². The lowest BCUT2D eigenvalue weighted by molar-refractivity contribution is -0.161. The van der Waals surface area contributed by atoms with E-state index in [4.69, 9.17) is 37.0 Å². The molecule has 17 nitrogen and oxygen atoms in total. The maximum absolute atomic E-state index is 13.1. The molecule has 0 aromatic carbocycles. The van der Waals surface area contributed by atoms with Crippen LogP contribution in [0.2, 0.25) is 0 Å². The fourth-order valence-corrected chi connectivity index (χ4v) is 13.6. The number of esters is 4. The van der Waals surface area contributed by atoms with Crippen molar-refractivity contribution in [2.75, 3.05) is 39.6 Å². The van der Waals surface area contributed by atoms with Gasteiger partial charge in [0.25, 0.3) is 0 Å². The van der Waals surface area contributed by atoms with E-state index in [1.807, 2.05) is 0 Å². The van der Waals surface area contributed by atoms with Crippen molar-refractivity contribution >= 4 is 39.5 Å². The highest BCUT2D eigenvalue weighted by molar-refractivity contribution is 7.47. The van der Waals surface area contributed by atoms with Gasteiger partial charge in [0.2, 0.25) is 0 Å². The van der Waals surface area contributed by atoms with Gasteiger partial charge in [0, 0.05) is 25.7 Å². The van der Waals surface area contributed by atoms with E-state index in [1.165, 1.54) is 238 Å². The number of rotatable bonds is 78. The molecule has 0 amide bonds. The van der Waals surface area contributed by atoms with Crippen molar-refractivity contribution in [2.24, 2.45) is 5.92 Å². The Hall–Kier alpha value is -1.94. The summed E-state index contributed by atoms with van der Waals surface area (Å²) in [4.78, 5) is 72.9. The van der Waals surface area contributed by atoms with Gasteiger partial charge in [-0.2, -0.15) is 0 Å². The number of carbonyl (C=O) groups is 4. The molecule has 3 N–H and O–H groups in total. The van der Waals surface area contributed by atoms with E-state index in [-0.39, 0.29) is 25.7 Å². The topological polar surface area (TPSA) is 237 Å². The third-order valence-corrected chi connectivity index (χ3v) is 20.2. The number of ether oxygens (including phenoxy) is 4. The van der Waals surface area contributed by atoms with Gasteiger partial charge < -0.3 is 33.8 Å². The van der Waals surface area contributed by atoms with Crippen LogP contribution in [0.4, 0.5) is 0 Å². The molecule has 0 saturated carbocycles. The molecule has 0 aliphatic rings. The van der Waals surface area contributed by atoms with Crippen LogP contribution in [-0.2, 0) is 65.4 Å². The fraction of sp³-hybridized carbons (Fsp3) is 0.949. The summed E-state index contributed by atoms with van der Waals surface area (Å²) >= 11 is 0. The van der Waals surface area contributed by atoms with Gasteiger partial charge in [-0.15, -0.1) is 0 Å². The van der Waals surface area contributed by atoms with E-state index < -0.39 is 97.5 Å². The van der Waals surface area contributed by atoms with E-state index in [0.717, 1.165) is 95.8 Å². The number of phosphoric acid groups is 2. The van der Waals surface area contributed by atoms with Crippen LogP contribution in [0, 0.1) is 5.92 Å². The number of hydrogen-bond donors (Lipinski definition) is 3. The Morgan fingerprint density at radius 3 is 0.701 bits per heavy atom. The predicted molar refractivity (Wildman–Crippen MR) is 395 cm³/mol. The van der Waals surface area contributed by atoms with Crippen molar-refractivity contribution in [1.29, 1.82) is 0 Å². The van der Waals surface area contributed by atoms with E-state index in [0.29, 0.717) is 25.7 Å². The minimum absolute atomic E-state index is 0.105. The second-order valence-corrected chi connectivity index (χ2v) is 31.5. The van der Waals surface area contributed by atoms with Crippen LogP contribution in [0.3, 0.4) is 0 Å². The maximum atomic E-state index is 13.1. The molecule has 19 heteroatoms. The zero-order valence-corrected chi connectivity index (χ0v) is 65.0. The SMILES string of the molecule is CCCCCCCCCCCCCCCCCCCCC(=O)O[C@H](COC(=O)CCCCCCCCCCCCCCCCCCC)COP(=O)(O)OC[C@@H](O)COP(=O)(O)OC[C@@H](COC(=O)CCCCCCCCCCCCC)OC(=O)CCCCCCCCCCC(C)C. The van der Waals surface area contributed by atoms with Gasteiger partial charge in [-0.3, -0.25) is 37.3 Å². The normalized spacial score (nSPS) is 13.9. The molecule has 0 fully saturated rings. The minimum atomic E-state index is -4.96. The quantitative estimate of drug-likeness (QED) is 0.0222. The summed E-state index contributed by atoms with van der Waals surface area (Å²) in [6.45, 7) is 7.27. The molecule has 0 aromatic rings. The predicted octanol–water partition coefficient (Wildman–Crippen LogP) is 23.3. The lowest BCUT2D eigenvalue weighted by atomic mass is 10.0. The smallest absolute Gasteiger partial charge is 0.462 e. The first kappa shape index (κ1) is 95.1. The van der Waals surface area contributed by atoms with Crippen molar-refractivity contribution in [2.45, 2.75) is 432 Å². The van der Waals surface area contributed by atoms with Gasteiger partial charge in [-0.25, -0.2) is 9.13 Å². The third kappa shape index (κ3) is 72.2. The van der Waals surface area contributed by atoms with Crippen molar-refractivity contribution in [1.82, 2.24) is 0 Å². The number of unbranched alkanes of at least 4 members (excludes halogenated alkanes) is 50. The Morgan fingerprint density at radius 1 is 0.278 bits per heavy atom. The highest BCUT2D eigenvalue weighted by atomic mass is 31.2. The van der Waals surface area contributed by atoms with E-state index in [9.17, 15) is 43.2 Å². The molecular formula is C78H152O17P2. The largest absolute Gasteiger partial charge is 0.472 e. The Kier molecular flexibility index (Phi) is 69.6. The number of hydrogen-bond acceptors (Lipinski definition) is 15. The average molecular weight is 1420 g/mol. The van der Waals surface area contributed by atoms with Gasteiger partial charge in [-0.1, -0.05) is 362 Å². The number of carbonyl (C=O) groups excluding carboxylic acids is 4. The molecule has 2 unspecified atom stereocenters. The van der Waals surface area contributed by atoms with Gasteiger partial charge in [0.15, 0.2) is 12.2 Å². The second-order valence-electron chi connectivity index (χ2n) is 28.6. The van der Waals surface area contributed by atoms with Crippen LogP contribution in [0.15, 0.2) is 0 Å². The summed E-state index contributed by atoms with van der Waals surface area (Å²) in [6, 6.07) is 0. The summed E-state index contributed by atoms with van der Waals surface area (Å²) < 4.78 is 68.6. The number of phosphoric ester groups is 2. The monoisotopic (exact) mass is 1420 g/mol. The lowest BCUT2D eigenvalue weighted by Gasteiger charge is -2.21. The molecule has 0 spiro atoms. The summed E-state index contributed by atoms with van der Waals surface area (Å²) in [6.07, 6.45) is 61.1. The summed E-state index contributed by atoms with van der Waals surface area (Å²) in [5, 5.41) is 10.6. The molecule has 0 saturated heterocycles. The molecule has 0 radical (unpaired) electrons. The summed E-state index contributed by atoms with van der Waals surface area (Å²) in [7, 11) is -9.91. The number of aliphatic hydroxyl groups is 1. The highest BCUT2D eigenvalue weighted by Crippen LogP contribution is 2.45. The molecule has 0 aliphatic carbocycles. The Balaban J connectivity index is 5.23. The lowest BCUT2D eigenvalue weighted by Crippen LogP contribution is -2.30. The maximum Gasteiger partial charge on any atom is 0.472 e. The van der Waals surface area contributed by atoms with Gasteiger partial charge in [0.05, 0.1) is 26.4 Å². The van der Waals surface area contributed by atoms with Crippen molar-refractivity contribution in [3.63, 3.8) is 0 Å². The molecule has 97 heavy (non-hydrogen) atoms. The fourth-order valence-electron chi connectivity index (χ4n) is 12.1. The van der Waals surface area contributed by atoms with Crippen LogP contribution in [0.25, 0.3) is 0 Å². The summed E-state index contributed by atoms with van der Waals surface area (Å²) in [5.74, 6) is -1.39. The number of aliphatic hydroxyl groups excluding tert-OH is 1. The van der Waals surface area contributed by atoms with Crippen molar-refractivity contribution < 1.29 is 80.2 Å². The molecule has 0 aliphatic heterocycles. The molecule has 0 aromatic heterocycles. The van der Waals surface area contributed by atoms with Crippen LogP contribution < -0.4 is 0 Å². The zero-order chi connectivity index (χ0) is 71.2. The van der Waals surface area contributed by atoms with Crippen molar-refractivity contribution in [3.8, 4) is 0 Å². The van der Waals surface area contributed by atoms with Crippen molar-refractivity contribution in [3.05, 3.63) is 0 Å². The molecule has 0 heterocycles. The first-order chi connectivity index (χ1) is 47.0. The van der Waals surface area contributed by atoms with E-state index in [2.05, 4.69) is 34.6 Å². The Labute approximate surface area is 594 Å². The van der Waals surface area contributed by atoms with Gasteiger partial charge >= 0.3 is 39.5 Å². The molecule has 576 valence electrons. The zero-order valence-electron chi connectivity index (χ0n) is 63.2. The Bertz CT molecular complexity index is 1860. The standard InChI is InChI=1S/C78H152O17P2/c1-6-9-12-15-18-21-24-26-28-30-32-34-36-39-42-48-53-58-63-77(82)94-73(67-89-76(81)62-57-52-47-41-38-35-33-31-29-27-25-22-19-16-13-10-7-2)69-92-96(84,85)90-65-72(79)66-91-97(86,87)93-70-74(95-78(83)64-59-54-49-44-43-45-50-55-60-71(4)5)68-88-75(80)61-56-51-46-40-37-23-20-17-14-11-8-3/h71-74,79H,6-70H2,1-5H3,(H,84,85)(H,86,87)/t72-,73-,74-/m1/s1. The van der Waals surface area contributed by atoms with Crippen LogP contribution in [0.1, 0.15) is 413 Å². The Morgan fingerprint density at radius 2 is 0.474 bits per heavy atom. The average Bonchev–Trinajstić information content (AvgIpc) is 1.08. The highest BCUT2D eigenvalue weighted by Gasteiger charge is 2.30. The van der Waals surface area contributed by atoms with Gasteiger partial charge in [0.1, 0.15) is 19.3 Å². The first-order valence-corrected chi connectivity index (χ1v) is 43.6. The minimum Gasteiger partial charge on any atom is -0.462 e. The van der Waals surface area contributed by atoms with E-state index >= 15 is 0 Å². The van der Waals surface area contributed by atoms with Crippen LogP contribution >= 0.6 is 15.6 Å².